The molecule has 178 valence electrons. The minimum atomic E-state index is -3.51. The van der Waals surface area contributed by atoms with E-state index in [0.717, 1.165) is 16.7 Å². The quantitative estimate of drug-likeness (QED) is 0.472. The first kappa shape index (κ1) is 25.0. The van der Waals surface area contributed by atoms with Crippen LogP contribution in [0.4, 0.5) is 11.4 Å². The van der Waals surface area contributed by atoms with Crippen LogP contribution in [0.15, 0.2) is 66.7 Å². The summed E-state index contributed by atoms with van der Waals surface area (Å²) < 4.78 is 31.2. The van der Waals surface area contributed by atoms with Gasteiger partial charge in [-0.05, 0) is 79.9 Å². The van der Waals surface area contributed by atoms with Crippen LogP contribution in [-0.4, -0.2) is 33.2 Å². The van der Waals surface area contributed by atoms with Crippen molar-refractivity contribution < 1.29 is 22.7 Å². The van der Waals surface area contributed by atoms with Gasteiger partial charge in [0.2, 0.25) is 10.0 Å². The Morgan fingerprint density at radius 3 is 2.24 bits per heavy atom. The van der Waals surface area contributed by atoms with Gasteiger partial charge in [-0.3, -0.25) is 9.10 Å². The highest BCUT2D eigenvalue weighted by molar-refractivity contribution is 7.92. The monoisotopic (exact) mass is 480 g/mol. The highest BCUT2D eigenvalue weighted by Crippen LogP contribution is 2.24. The number of carbonyl (C=O) groups excluding carboxylic acids is 2. The fourth-order valence-corrected chi connectivity index (χ4v) is 4.23. The molecule has 0 heterocycles. The lowest BCUT2D eigenvalue weighted by Gasteiger charge is -2.23. The van der Waals surface area contributed by atoms with E-state index in [9.17, 15) is 18.0 Å². The number of rotatable bonds is 8. The third kappa shape index (κ3) is 6.23. The summed E-state index contributed by atoms with van der Waals surface area (Å²) in [5.74, 6) is -0.802. The van der Waals surface area contributed by atoms with Gasteiger partial charge in [-0.1, -0.05) is 24.3 Å². The summed E-state index contributed by atoms with van der Waals surface area (Å²) in [6.07, 6.45) is 1.18. The van der Waals surface area contributed by atoms with Crippen molar-refractivity contribution in [3.05, 3.63) is 94.5 Å². The second-order valence-electron chi connectivity index (χ2n) is 7.99. The van der Waals surface area contributed by atoms with Crippen LogP contribution in [0.25, 0.3) is 0 Å². The summed E-state index contributed by atoms with van der Waals surface area (Å²) in [7, 11) is -3.51. The number of carbonyl (C=O) groups is 2. The molecule has 0 radical (unpaired) electrons. The highest BCUT2D eigenvalue weighted by Gasteiger charge is 2.19. The fraction of sp³-hybridized carbons (Fsp3) is 0.231. The number of nitrogens with zero attached hydrogens (tertiary/aromatic N) is 1. The first-order valence-corrected chi connectivity index (χ1v) is 12.7. The zero-order valence-corrected chi connectivity index (χ0v) is 20.5. The van der Waals surface area contributed by atoms with Gasteiger partial charge in [-0.2, -0.15) is 0 Å². The van der Waals surface area contributed by atoms with Gasteiger partial charge in [0.15, 0.2) is 0 Å². The average Bonchev–Trinajstić information content (AvgIpc) is 2.79. The molecular weight excluding hydrogens is 452 g/mol. The van der Waals surface area contributed by atoms with Crippen LogP contribution < -0.4 is 9.62 Å². The molecule has 3 rings (SSSR count). The average molecular weight is 481 g/mol. The summed E-state index contributed by atoms with van der Waals surface area (Å²) in [6, 6.07) is 18.8. The molecule has 34 heavy (non-hydrogen) atoms. The molecule has 1 amide bonds. The van der Waals surface area contributed by atoms with Gasteiger partial charge in [-0.15, -0.1) is 0 Å². The number of anilines is 2. The van der Waals surface area contributed by atoms with Crippen molar-refractivity contribution in [1.82, 2.24) is 0 Å². The van der Waals surface area contributed by atoms with E-state index >= 15 is 0 Å². The van der Waals surface area contributed by atoms with E-state index in [0.29, 0.717) is 22.5 Å². The Morgan fingerprint density at radius 2 is 1.62 bits per heavy atom. The molecule has 0 fully saturated rings. The van der Waals surface area contributed by atoms with Crippen molar-refractivity contribution >= 4 is 33.3 Å². The summed E-state index contributed by atoms with van der Waals surface area (Å²) in [4.78, 5) is 24.6. The van der Waals surface area contributed by atoms with Gasteiger partial charge in [0.1, 0.15) is 0 Å². The summed E-state index contributed by atoms with van der Waals surface area (Å²) >= 11 is 0. The maximum atomic E-state index is 12.7. The Kier molecular flexibility index (Phi) is 7.73. The van der Waals surface area contributed by atoms with Gasteiger partial charge in [-0.25, -0.2) is 13.2 Å². The minimum Gasteiger partial charge on any atom is -0.462 e. The number of aryl methyl sites for hydroxylation is 2. The Hall–Kier alpha value is -3.65. The van der Waals surface area contributed by atoms with Crippen molar-refractivity contribution in [3.63, 3.8) is 0 Å². The van der Waals surface area contributed by atoms with Crippen molar-refractivity contribution in [2.24, 2.45) is 0 Å². The molecule has 0 aliphatic rings. The topological polar surface area (TPSA) is 92.8 Å². The van der Waals surface area contributed by atoms with Gasteiger partial charge in [0.25, 0.3) is 5.91 Å². The molecule has 3 aromatic rings. The molecule has 0 saturated heterocycles. The first-order chi connectivity index (χ1) is 16.1. The van der Waals surface area contributed by atoms with Crippen LogP contribution in [-0.2, 0) is 21.3 Å². The third-order valence-electron chi connectivity index (χ3n) is 5.35. The number of nitrogens with one attached hydrogen (secondary N) is 1. The van der Waals surface area contributed by atoms with Crippen LogP contribution in [0.2, 0.25) is 0 Å². The van der Waals surface area contributed by atoms with Crippen LogP contribution in [0.3, 0.4) is 0 Å². The standard InChI is InChI=1S/C26H28N2O5S/c1-5-33-26(30)22-7-6-8-23(16-22)27-25(29)21-12-10-20(11-13-21)17-28(34(4,31)32)24-14-9-18(2)19(3)15-24/h6-16H,5,17H2,1-4H3,(H,27,29). The lowest BCUT2D eigenvalue weighted by molar-refractivity contribution is 0.0526. The Bertz CT molecular complexity index is 1300. The Balaban J connectivity index is 1.75. The Morgan fingerprint density at radius 1 is 0.912 bits per heavy atom. The van der Waals surface area contributed by atoms with Gasteiger partial charge in [0, 0.05) is 11.3 Å². The third-order valence-corrected chi connectivity index (χ3v) is 6.49. The maximum absolute atomic E-state index is 12.7. The first-order valence-electron chi connectivity index (χ1n) is 10.8. The number of sulfonamides is 1. The second kappa shape index (κ2) is 10.5. The highest BCUT2D eigenvalue weighted by atomic mass is 32.2. The summed E-state index contributed by atoms with van der Waals surface area (Å²) in [6.45, 7) is 6.05. The minimum absolute atomic E-state index is 0.144. The molecule has 8 heteroatoms. The lowest BCUT2D eigenvalue weighted by Crippen LogP contribution is -2.29. The van der Waals surface area contributed by atoms with Crippen LogP contribution in [0.1, 0.15) is 44.3 Å². The number of hydrogen-bond donors (Lipinski definition) is 1. The number of amides is 1. The molecule has 1 N–H and O–H groups in total. The zero-order valence-electron chi connectivity index (χ0n) is 19.7. The van der Waals surface area contributed by atoms with E-state index in [4.69, 9.17) is 4.74 Å². The van der Waals surface area contributed by atoms with Gasteiger partial charge in [0.05, 0.1) is 30.7 Å². The summed E-state index contributed by atoms with van der Waals surface area (Å²) in [5.41, 5.74) is 4.64. The lowest BCUT2D eigenvalue weighted by atomic mass is 10.1. The fourth-order valence-electron chi connectivity index (χ4n) is 3.35. The second-order valence-corrected chi connectivity index (χ2v) is 9.90. The molecule has 0 unspecified atom stereocenters. The number of hydrogen-bond acceptors (Lipinski definition) is 5. The van der Waals surface area contributed by atoms with Crippen molar-refractivity contribution in [1.29, 1.82) is 0 Å². The van der Waals surface area contributed by atoms with E-state index in [1.165, 1.54) is 10.6 Å². The van der Waals surface area contributed by atoms with Crippen LogP contribution in [0.5, 0.6) is 0 Å². The molecule has 0 aromatic heterocycles. The molecule has 0 saturated carbocycles. The van der Waals surface area contributed by atoms with E-state index in [2.05, 4.69) is 5.32 Å². The normalized spacial score (nSPS) is 11.1. The molecule has 0 spiro atoms. The molecule has 0 aliphatic heterocycles. The largest absolute Gasteiger partial charge is 0.462 e. The van der Waals surface area contributed by atoms with E-state index in [-0.39, 0.29) is 19.1 Å². The van der Waals surface area contributed by atoms with E-state index in [1.807, 2.05) is 26.0 Å². The number of ether oxygens (including phenoxy) is 1. The molecule has 3 aromatic carbocycles. The van der Waals surface area contributed by atoms with Crippen molar-refractivity contribution in [2.75, 3.05) is 22.5 Å². The molecular formula is C26H28N2O5S. The van der Waals surface area contributed by atoms with Gasteiger partial charge >= 0.3 is 5.97 Å². The van der Waals surface area contributed by atoms with Gasteiger partial charge < -0.3 is 10.1 Å². The molecule has 0 aliphatic carbocycles. The van der Waals surface area contributed by atoms with Crippen molar-refractivity contribution in [3.8, 4) is 0 Å². The van der Waals surface area contributed by atoms with E-state index in [1.54, 1.807) is 61.5 Å². The molecule has 7 nitrogen and oxygen atoms in total. The van der Waals surface area contributed by atoms with Crippen molar-refractivity contribution in [2.45, 2.75) is 27.3 Å². The van der Waals surface area contributed by atoms with Crippen LogP contribution in [0, 0.1) is 13.8 Å². The number of esters is 1. The maximum Gasteiger partial charge on any atom is 0.338 e. The summed E-state index contributed by atoms with van der Waals surface area (Å²) in [5, 5.41) is 2.76. The smallest absolute Gasteiger partial charge is 0.338 e. The Labute approximate surface area is 200 Å². The van der Waals surface area contributed by atoms with E-state index < -0.39 is 16.0 Å². The predicted octanol–water partition coefficient (Wildman–Crippen LogP) is 4.70. The molecule has 0 atom stereocenters. The predicted molar refractivity (Wildman–Crippen MR) is 134 cm³/mol. The SMILES string of the molecule is CCOC(=O)c1cccc(NC(=O)c2ccc(CN(c3ccc(C)c(C)c3)S(C)(=O)=O)cc2)c1. The zero-order chi connectivity index (χ0) is 24.9. The number of benzene rings is 3. The van der Waals surface area contributed by atoms with Crippen LogP contribution >= 0.6 is 0 Å². The molecule has 0 bridgehead atoms.